The summed E-state index contributed by atoms with van der Waals surface area (Å²) in [6, 6.07) is 12.3. The van der Waals surface area contributed by atoms with Crippen molar-refractivity contribution in [1.82, 2.24) is 4.98 Å². The van der Waals surface area contributed by atoms with Crippen LogP contribution in [-0.4, -0.2) is 30.3 Å². The molecule has 0 atom stereocenters. The number of halogens is 1. The second-order valence-electron chi connectivity index (χ2n) is 5.05. The van der Waals surface area contributed by atoms with Crippen molar-refractivity contribution >= 4 is 32.7 Å². The third-order valence-electron chi connectivity index (χ3n) is 3.57. The Kier molecular flexibility index (Phi) is 4.76. The average molecular weight is 404 g/mol. The first kappa shape index (κ1) is 17.0. The quantitative estimate of drug-likeness (QED) is 0.517. The molecule has 0 unspecified atom stereocenters. The van der Waals surface area contributed by atoms with Gasteiger partial charge in [-0.05, 0) is 34.1 Å². The number of fused-ring (bicyclic) bond motifs is 1. The van der Waals surface area contributed by atoms with E-state index >= 15 is 0 Å². The normalized spacial score (nSPS) is 10.5. The topological polar surface area (TPSA) is 77.9 Å². The number of carbonyl (C=O) groups is 1. The molecule has 1 N–H and O–H groups in total. The first-order valence-electron chi connectivity index (χ1n) is 7.26. The molecule has 0 aliphatic rings. The van der Waals surface area contributed by atoms with Crippen LogP contribution in [0.4, 0.5) is 0 Å². The molecule has 2 aromatic carbocycles. The number of pyridine rings is 1. The Morgan fingerprint density at radius 3 is 2.56 bits per heavy atom. The predicted molar refractivity (Wildman–Crippen MR) is 95.5 cm³/mol. The van der Waals surface area contributed by atoms with Crippen LogP contribution >= 0.6 is 15.9 Å². The number of hydrogen-bond acceptors (Lipinski definition) is 6. The highest BCUT2D eigenvalue weighted by Crippen LogP contribution is 2.40. The van der Waals surface area contributed by atoms with Gasteiger partial charge >= 0.3 is 5.97 Å². The van der Waals surface area contributed by atoms with Crippen molar-refractivity contribution in [2.24, 2.45) is 0 Å². The van der Waals surface area contributed by atoms with Crippen molar-refractivity contribution in [3.05, 3.63) is 52.8 Å². The number of nitrogens with zero attached hydrogens (tertiary/aromatic N) is 1. The van der Waals surface area contributed by atoms with E-state index in [9.17, 15) is 9.90 Å². The minimum atomic E-state index is -0.723. The van der Waals surface area contributed by atoms with Crippen LogP contribution < -0.4 is 9.47 Å². The molecule has 3 aromatic rings. The van der Waals surface area contributed by atoms with E-state index in [0.717, 1.165) is 0 Å². The van der Waals surface area contributed by atoms with Crippen LogP contribution in [0.5, 0.6) is 23.0 Å². The molecule has 0 radical (unpaired) electrons. The third kappa shape index (κ3) is 3.23. The monoisotopic (exact) mass is 403 g/mol. The van der Waals surface area contributed by atoms with Gasteiger partial charge in [-0.25, -0.2) is 9.78 Å². The minimum Gasteiger partial charge on any atom is -0.505 e. The van der Waals surface area contributed by atoms with E-state index in [2.05, 4.69) is 25.7 Å². The molecule has 0 saturated carbocycles. The van der Waals surface area contributed by atoms with Gasteiger partial charge in [0.05, 0.1) is 19.6 Å². The Morgan fingerprint density at radius 1 is 1.12 bits per heavy atom. The number of ether oxygens (including phenoxy) is 3. The fourth-order valence-corrected chi connectivity index (χ4v) is 2.98. The maximum absolute atomic E-state index is 11.8. The number of aromatic nitrogens is 1. The van der Waals surface area contributed by atoms with E-state index < -0.39 is 5.97 Å². The van der Waals surface area contributed by atoms with E-state index in [1.54, 1.807) is 43.5 Å². The summed E-state index contributed by atoms with van der Waals surface area (Å²) >= 11 is 3.34. The van der Waals surface area contributed by atoms with Crippen molar-refractivity contribution in [3.8, 4) is 23.0 Å². The van der Waals surface area contributed by atoms with Gasteiger partial charge in [0.2, 0.25) is 0 Å². The summed E-state index contributed by atoms with van der Waals surface area (Å²) in [5.74, 6) is 0.707. The SMILES string of the molecule is COC(=O)c1nc(Br)c2c(Oc3cccc(OC)c3)cccc2c1O. The summed E-state index contributed by atoms with van der Waals surface area (Å²) in [5, 5.41) is 11.3. The number of aromatic hydroxyl groups is 1. The van der Waals surface area contributed by atoms with Crippen molar-refractivity contribution in [3.63, 3.8) is 0 Å². The van der Waals surface area contributed by atoms with Crippen molar-refractivity contribution in [2.45, 2.75) is 0 Å². The Hall–Kier alpha value is -2.80. The van der Waals surface area contributed by atoms with Crippen LogP contribution in [0.3, 0.4) is 0 Å². The second-order valence-corrected chi connectivity index (χ2v) is 5.80. The van der Waals surface area contributed by atoms with Crippen LogP contribution in [0.15, 0.2) is 47.1 Å². The van der Waals surface area contributed by atoms with Gasteiger partial charge in [-0.1, -0.05) is 18.2 Å². The van der Waals surface area contributed by atoms with E-state index in [1.807, 2.05) is 6.07 Å². The number of carbonyl (C=O) groups excluding carboxylic acids is 1. The zero-order chi connectivity index (χ0) is 18.0. The molecule has 0 amide bonds. The Morgan fingerprint density at radius 2 is 1.84 bits per heavy atom. The highest BCUT2D eigenvalue weighted by Gasteiger charge is 2.21. The molecule has 0 saturated heterocycles. The Balaban J connectivity index is 2.13. The first-order valence-corrected chi connectivity index (χ1v) is 8.06. The highest BCUT2D eigenvalue weighted by molar-refractivity contribution is 9.10. The summed E-state index contributed by atoms with van der Waals surface area (Å²) < 4.78 is 16.1. The maximum atomic E-state index is 11.8. The van der Waals surface area contributed by atoms with Crippen LogP contribution in [0.1, 0.15) is 10.5 Å². The zero-order valence-corrected chi connectivity index (χ0v) is 15.0. The standard InChI is InChI=1S/C18H14BrNO5/c1-23-10-5-3-6-11(9-10)25-13-8-4-7-12-14(13)17(19)20-15(16(12)21)18(22)24-2/h3-9,21H,1-2H3. The van der Waals surface area contributed by atoms with Crippen molar-refractivity contribution in [2.75, 3.05) is 14.2 Å². The van der Waals surface area contributed by atoms with E-state index in [-0.39, 0.29) is 11.4 Å². The molecular formula is C18H14BrNO5. The molecule has 0 spiro atoms. The fourth-order valence-electron chi connectivity index (χ4n) is 2.39. The molecule has 6 nitrogen and oxygen atoms in total. The number of benzene rings is 2. The number of methoxy groups -OCH3 is 2. The zero-order valence-electron chi connectivity index (χ0n) is 13.4. The molecule has 0 aliphatic carbocycles. The van der Waals surface area contributed by atoms with Gasteiger partial charge in [0, 0.05) is 11.5 Å². The lowest BCUT2D eigenvalue weighted by atomic mass is 10.1. The summed E-state index contributed by atoms with van der Waals surface area (Å²) in [5.41, 5.74) is -0.166. The molecule has 7 heteroatoms. The highest BCUT2D eigenvalue weighted by atomic mass is 79.9. The molecule has 1 heterocycles. The summed E-state index contributed by atoms with van der Waals surface area (Å²) in [4.78, 5) is 15.9. The van der Waals surface area contributed by atoms with Gasteiger partial charge in [0.25, 0.3) is 0 Å². The average Bonchev–Trinajstić information content (AvgIpc) is 2.64. The van der Waals surface area contributed by atoms with Gasteiger partial charge in [0.15, 0.2) is 11.4 Å². The lowest BCUT2D eigenvalue weighted by Gasteiger charge is -2.13. The third-order valence-corrected chi connectivity index (χ3v) is 4.14. The number of hydrogen-bond donors (Lipinski definition) is 1. The Bertz CT molecular complexity index is 958. The van der Waals surface area contributed by atoms with Crippen molar-refractivity contribution < 1.29 is 24.1 Å². The van der Waals surface area contributed by atoms with Crippen LogP contribution in [0, 0.1) is 0 Å². The summed E-state index contributed by atoms with van der Waals surface area (Å²) in [6.07, 6.45) is 0. The van der Waals surface area contributed by atoms with Crippen LogP contribution in [0.25, 0.3) is 10.8 Å². The molecule has 0 fully saturated rings. The fraction of sp³-hybridized carbons (Fsp3) is 0.111. The predicted octanol–water partition coefficient (Wildman–Crippen LogP) is 4.29. The second kappa shape index (κ2) is 6.98. The number of esters is 1. The van der Waals surface area contributed by atoms with E-state index in [4.69, 9.17) is 9.47 Å². The molecular weight excluding hydrogens is 390 g/mol. The summed E-state index contributed by atoms with van der Waals surface area (Å²) in [6.45, 7) is 0. The van der Waals surface area contributed by atoms with Gasteiger partial charge in [-0.3, -0.25) is 0 Å². The maximum Gasteiger partial charge on any atom is 0.360 e. The molecule has 3 rings (SSSR count). The van der Waals surface area contributed by atoms with Crippen LogP contribution in [0.2, 0.25) is 0 Å². The summed E-state index contributed by atoms with van der Waals surface area (Å²) in [7, 11) is 2.80. The Labute approximate surface area is 152 Å². The van der Waals surface area contributed by atoms with Gasteiger partial charge < -0.3 is 19.3 Å². The first-order chi connectivity index (χ1) is 12.0. The van der Waals surface area contributed by atoms with E-state index in [1.165, 1.54) is 7.11 Å². The number of rotatable bonds is 4. The molecule has 0 bridgehead atoms. The minimum absolute atomic E-state index is 0.166. The van der Waals surface area contributed by atoms with E-state index in [0.29, 0.717) is 32.6 Å². The smallest absolute Gasteiger partial charge is 0.360 e. The molecule has 128 valence electrons. The molecule has 25 heavy (non-hydrogen) atoms. The molecule has 0 aliphatic heterocycles. The largest absolute Gasteiger partial charge is 0.505 e. The van der Waals surface area contributed by atoms with Gasteiger partial charge in [-0.2, -0.15) is 0 Å². The van der Waals surface area contributed by atoms with Crippen molar-refractivity contribution in [1.29, 1.82) is 0 Å². The molecule has 1 aromatic heterocycles. The van der Waals surface area contributed by atoms with Gasteiger partial charge in [-0.15, -0.1) is 0 Å². The van der Waals surface area contributed by atoms with Crippen LogP contribution in [-0.2, 0) is 4.74 Å². The van der Waals surface area contributed by atoms with Gasteiger partial charge in [0.1, 0.15) is 21.9 Å². The lowest BCUT2D eigenvalue weighted by molar-refractivity contribution is 0.0590. The lowest BCUT2D eigenvalue weighted by Crippen LogP contribution is -2.05.